The van der Waals surface area contributed by atoms with Gasteiger partial charge in [-0.25, -0.2) is 4.98 Å². The lowest BCUT2D eigenvalue weighted by atomic mass is 10.4. The summed E-state index contributed by atoms with van der Waals surface area (Å²) in [5.41, 5.74) is 0.921. The number of H-pyrrole nitrogens is 1. The van der Waals surface area contributed by atoms with Crippen LogP contribution in [0.5, 0.6) is 0 Å². The molecule has 7 heteroatoms. The molecule has 0 aliphatic carbocycles. The van der Waals surface area contributed by atoms with Crippen LogP contribution in [0.25, 0.3) is 0 Å². The lowest BCUT2D eigenvalue weighted by molar-refractivity contribution is 0.0940. The third-order valence-corrected chi connectivity index (χ3v) is 2.42. The third-order valence-electron chi connectivity index (χ3n) is 2.42. The number of rotatable bonds is 4. The molecule has 0 atom stereocenters. The van der Waals surface area contributed by atoms with Crippen LogP contribution in [-0.4, -0.2) is 30.9 Å². The van der Waals surface area contributed by atoms with Crippen LogP contribution in [0, 0.1) is 0 Å². The number of carbonyl (C=O) groups excluding carboxylic acids is 1. The second-order valence-electron chi connectivity index (χ2n) is 3.59. The molecule has 0 fully saturated rings. The van der Waals surface area contributed by atoms with E-state index in [-0.39, 0.29) is 11.7 Å². The van der Waals surface area contributed by atoms with E-state index in [9.17, 15) is 4.79 Å². The molecule has 0 unspecified atom stereocenters. The van der Waals surface area contributed by atoms with Crippen LogP contribution in [0.2, 0.25) is 0 Å². The molecule has 0 aliphatic heterocycles. The topological polar surface area (TPSA) is 88.5 Å². The molecule has 0 bridgehead atoms. The third kappa shape index (κ3) is 2.49. The first-order valence-electron chi connectivity index (χ1n) is 5.37. The summed E-state index contributed by atoms with van der Waals surface area (Å²) >= 11 is 0. The SMILES string of the molecule is CCc1nc(C(=O)NCc2ccnn2C)n[nH]1. The van der Waals surface area contributed by atoms with Gasteiger partial charge in [0.05, 0.1) is 12.2 Å². The molecular formula is C10H14N6O. The number of aromatic nitrogens is 5. The Bertz CT molecular complexity index is 514. The summed E-state index contributed by atoms with van der Waals surface area (Å²) in [6.07, 6.45) is 2.41. The Morgan fingerprint density at radius 2 is 2.41 bits per heavy atom. The smallest absolute Gasteiger partial charge is 0.291 e. The van der Waals surface area contributed by atoms with Crippen molar-refractivity contribution in [2.45, 2.75) is 19.9 Å². The van der Waals surface area contributed by atoms with Gasteiger partial charge < -0.3 is 5.32 Å². The van der Waals surface area contributed by atoms with Crippen LogP contribution in [0.1, 0.15) is 29.1 Å². The standard InChI is InChI=1S/C10H14N6O/c1-3-8-13-9(15-14-8)10(17)11-6-7-4-5-12-16(7)2/h4-5H,3,6H2,1-2H3,(H,11,17)(H,13,14,15). The van der Waals surface area contributed by atoms with Crippen molar-refractivity contribution in [3.63, 3.8) is 0 Å². The fourth-order valence-corrected chi connectivity index (χ4v) is 1.38. The van der Waals surface area contributed by atoms with E-state index < -0.39 is 0 Å². The van der Waals surface area contributed by atoms with Gasteiger partial charge in [0, 0.05) is 19.7 Å². The molecule has 0 aliphatic rings. The molecule has 0 saturated carbocycles. The van der Waals surface area contributed by atoms with Gasteiger partial charge in [-0.05, 0) is 6.07 Å². The number of carbonyl (C=O) groups is 1. The second-order valence-corrected chi connectivity index (χ2v) is 3.59. The van der Waals surface area contributed by atoms with Crippen LogP contribution in [0.15, 0.2) is 12.3 Å². The zero-order valence-electron chi connectivity index (χ0n) is 9.77. The molecule has 2 rings (SSSR count). The minimum absolute atomic E-state index is 0.170. The lowest BCUT2D eigenvalue weighted by Crippen LogP contribution is -2.25. The van der Waals surface area contributed by atoms with E-state index in [0.717, 1.165) is 12.1 Å². The molecule has 2 N–H and O–H groups in total. The molecular weight excluding hydrogens is 220 g/mol. The van der Waals surface area contributed by atoms with Crippen LogP contribution < -0.4 is 5.32 Å². The van der Waals surface area contributed by atoms with Crippen molar-refractivity contribution < 1.29 is 4.79 Å². The maximum atomic E-state index is 11.7. The van der Waals surface area contributed by atoms with Crippen molar-refractivity contribution in [3.8, 4) is 0 Å². The van der Waals surface area contributed by atoms with Gasteiger partial charge in [0.25, 0.3) is 5.91 Å². The minimum Gasteiger partial charge on any atom is -0.344 e. The van der Waals surface area contributed by atoms with Gasteiger partial charge in [0.2, 0.25) is 5.82 Å². The van der Waals surface area contributed by atoms with E-state index in [1.165, 1.54) is 0 Å². The fourth-order valence-electron chi connectivity index (χ4n) is 1.38. The Morgan fingerprint density at radius 3 is 3.00 bits per heavy atom. The quantitative estimate of drug-likeness (QED) is 0.781. The van der Waals surface area contributed by atoms with E-state index in [4.69, 9.17) is 0 Å². The van der Waals surface area contributed by atoms with Crippen LogP contribution in [-0.2, 0) is 20.0 Å². The molecule has 0 radical (unpaired) electrons. The first-order valence-corrected chi connectivity index (χ1v) is 5.37. The molecule has 0 aromatic carbocycles. The Balaban J connectivity index is 1.95. The van der Waals surface area contributed by atoms with Crippen molar-refractivity contribution in [1.29, 1.82) is 0 Å². The zero-order chi connectivity index (χ0) is 12.3. The molecule has 0 saturated heterocycles. The summed E-state index contributed by atoms with van der Waals surface area (Å²) in [6.45, 7) is 2.35. The highest BCUT2D eigenvalue weighted by atomic mass is 16.2. The number of aromatic amines is 1. The van der Waals surface area contributed by atoms with Crippen molar-refractivity contribution in [2.75, 3.05) is 0 Å². The van der Waals surface area contributed by atoms with Gasteiger partial charge in [0.15, 0.2) is 0 Å². The van der Waals surface area contributed by atoms with E-state index in [0.29, 0.717) is 12.4 Å². The summed E-state index contributed by atoms with van der Waals surface area (Å²) in [5.74, 6) is 0.585. The van der Waals surface area contributed by atoms with Crippen LogP contribution in [0.3, 0.4) is 0 Å². The Hall–Kier alpha value is -2.18. The van der Waals surface area contributed by atoms with E-state index in [1.807, 2.05) is 20.0 Å². The monoisotopic (exact) mass is 234 g/mol. The molecule has 0 spiro atoms. The van der Waals surface area contributed by atoms with Crippen molar-refractivity contribution in [2.24, 2.45) is 7.05 Å². The van der Waals surface area contributed by atoms with Gasteiger partial charge in [-0.1, -0.05) is 6.92 Å². The van der Waals surface area contributed by atoms with Gasteiger partial charge >= 0.3 is 0 Å². The number of amides is 1. The molecule has 17 heavy (non-hydrogen) atoms. The van der Waals surface area contributed by atoms with Crippen molar-refractivity contribution in [1.82, 2.24) is 30.3 Å². The minimum atomic E-state index is -0.290. The number of aryl methyl sites for hydroxylation is 2. The normalized spacial score (nSPS) is 10.5. The summed E-state index contributed by atoms with van der Waals surface area (Å²) in [6, 6.07) is 1.84. The van der Waals surface area contributed by atoms with Gasteiger partial charge in [-0.15, -0.1) is 5.10 Å². The van der Waals surface area contributed by atoms with E-state index in [2.05, 4.69) is 25.6 Å². The van der Waals surface area contributed by atoms with Gasteiger partial charge in [0.1, 0.15) is 5.82 Å². The Kier molecular flexibility index (Phi) is 3.17. The molecule has 90 valence electrons. The Morgan fingerprint density at radius 1 is 1.59 bits per heavy atom. The molecule has 2 aromatic heterocycles. The van der Waals surface area contributed by atoms with E-state index in [1.54, 1.807) is 10.9 Å². The number of nitrogens with one attached hydrogen (secondary N) is 2. The van der Waals surface area contributed by atoms with Gasteiger partial charge in [-0.3, -0.25) is 14.6 Å². The molecule has 2 heterocycles. The number of hydrogen-bond donors (Lipinski definition) is 2. The first kappa shape index (κ1) is 11.3. The predicted octanol–water partition coefficient (Wildman–Crippen LogP) is 0.0306. The van der Waals surface area contributed by atoms with E-state index >= 15 is 0 Å². The highest BCUT2D eigenvalue weighted by molar-refractivity contribution is 5.90. The fraction of sp³-hybridized carbons (Fsp3) is 0.400. The zero-order valence-corrected chi connectivity index (χ0v) is 9.77. The maximum Gasteiger partial charge on any atom is 0.291 e. The largest absolute Gasteiger partial charge is 0.344 e. The Labute approximate surface area is 98.2 Å². The summed E-state index contributed by atoms with van der Waals surface area (Å²) in [7, 11) is 1.82. The highest BCUT2D eigenvalue weighted by Gasteiger charge is 2.11. The van der Waals surface area contributed by atoms with Crippen molar-refractivity contribution in [3.05, 3.63) is 29.6 Å². The highest BCUT2D eigenvalue weighted by Crippen LogP contribution is 1.97. The lowest BCUT2D eigenvalue weighted by Gasteiger charge is -2.02. The molecule has 2 aromatic rings. The molecule has 7 nitrogen and oxygen atoms in total. The average molecular weight is 234 g/mol. The molecule has 1 amide bonds. The number of hydrogen-bond acceptors (Lipinski definition) is 4. The average Bonchev–Trinajstić information content (AvgIpc) is 2.94. The maximum absolute atomic E-state index is 11.7. The predicted molar refractivity (Wildman–Crippen MR) is 60.1 cm³/mol. The number of nitrogens with zero attached hydrogens (tertiary/aromatic N) is 4. The summed E-state index contributed by atoms with van der Waals surface area (Å²) < 4.78 is 1.70. The van der Waals surface area contributed by atoms with Crippen LogP contribution >= 0.6 is 0 Å². The van der Waals surface area contributed by atoms with Gasteiger partial charge in [-0.2, -0.15) is 5.10 Å². The van der Waals surface area contributed by atoms with Crippen LogP contribution in [0.4, 0.5) is 0 Å². The first-order chi connectivity index (χ1) is 8.20. The summed E-state index contributed by atoms with van der Waals surface area (Å²) in [4.78, 5) is 15.7. The van der Waals surface area contributed by atoms with Crippen molar-refractivity contribution >= 4 is 5.91 Å². The summed E-state index contributed by atoms with van der Waals surface area (Å²) in [5, 5.41) is 13.3. The second kappa shape index (κ2) is 4.77.